The molecule has 1 atom stereocenters. The van der Waals surface area contributed by atoms with E-state index in [1.165, 1.54) is 5.56 Å². The van der Waals surface area contributed by atoms with Crippen molar-refractivity contribution in [2.75, 3.05) is 33.2 Å². The van der Waals surface area contributed by atoms with Crippen LogP contribution >= 0.6 is 0 Å². The topological polar surface area (TPSA) is 35.6 Å². The monoisotopic (exact) mass is 285 g/mol. The minimum absolute atomic E-state index is 0.228. The molecule has 0 radical (unpaired) electrons. The van der Waals surface area contributed by atoms with Crippen molar-refractivity contribution in [3.8, 4) is 0 Å². The zero-order valence-electron chi connectivity index (χ0n) is 12.6. The van der Waals surface area contributed by atoms with Gasteiger partial charge in [0.25, 0.3) is 0 Å². The fourth-order valence-electron chi connectivity index (χ4n) is 3.05. The van der Waals surface area contributed by atoms with E-state index >= 15 is 0 Å². The molecule has 3 rings (SSSR count). The van der Waals surface area contributed by atoms with E-state index in [0.717, 1.165) is 38.3 Å². The van der Waals surface area contributed by atoms with Crippen LogP contribution in [0.2, 0.25) is 0 Å². The molecule has 1 saturated heterocycles. The molecule has 1 aromatic rings. The first-order chi connectivity index (χ1) is 10.2. The molecule has 4 heteroatoms. The molecule has 1 N–H and O–H groups in total. The van der Waals surface area contributed by atoms with E-state index in [2.05, 4.69) is 34.5 Å². The van der Waals surface area contributed by atoms with Crippen molar-refractivity contribution in [1.29, 1.82) is 0 Å². The van der Waals surface area contributed by atoms with Gasteiger partial charge in [0, 0.05) is 44.4 Å². The van der Waals surface area contributed by atoms with E-state index in [1.54, 1.807) is 6.08 Å². The van der Waals surface area contributed by atoms with E-state index in [1.807, 2.05) is 18.2 Å². The molecule has 112 valence electrons. The highest BCUT2D eigenvalue weighted by Crippen LogP contribution is 2.30. The van der Waals surface area contributed by atoms with Gasteiger partial charge in [-0.3, -0.25) is 4.79 Å². The van der Waals surface area contributed by atoms with Crippen LogP contribution in [0.15, 0.2) is 42.1 Å². The Kier molecular flexibility index (Phi) is 4.36. The van der Waals surface area contributed by atoms with Gasteiger partial charge < -0.3 is 10.3 Å². The van der Waals surface area contributed by atoms with Gasteiger partial charge in [-0.25, -0.2) is 5.01 Å². The summed E-state index contributed by atoms with van der Waals surface area (Å²) in [5.74, 6) is 0.533. The highest BCUT2D eigenvalue weighted by atomic mass is 16.1. The van der Waals surface area contributed by atoms with Gasteiger partial charge >= 0.3 is 0 Å². The summed E-state index contributed by atoms with van der Waals surface area (Å²) in [5.41, 5.74) is 5.78. The van der Waals surface area contributed by atoms with Crippen molar-refractivity contribution in [2.24, 2.45) is 0 Å². The maximum absolute atomic E-state index is 12.0. The van der Waals surface area contributed by atoms with Crippen molar-refractivity contribution in [3.05, 3.63) is 47.7 Å². The predicted molar refractivity (Wildman–Crippen MR) is 83.7 cm³/mol. The van der Waals surface area contributed by atoms with Crippen LogP contribution in [-0.2, 0) is 4.79 Å². The van der Waals surface area contributed by atoms with Crippen molar-refractivity contribution in [3.63, 3.8) is 0 Å². The maximum Gasteiger partial charge on any atom is 0.158 e. The van der Waals surface area contributed by atoms with Gasteiger partial charge in [0.1, 0.15) is 0 Å². The average molecular weight is 285 g/mol. The number of carbonyl (C=O) groups is 1. The van der Waals surface area contributed by atoms with Crippen molar-refractivity contribution in [1.82, 2.24) is 15.3 Å². The molecule has 4 nitrogen and oxygen atoms in total. The van der Waals surface area contributed by atoms with Crippen molar-refractivity contribution < 1.29 is 4.79 Å². The second-order valence-corrected chi connectivity index (χ2v) is 6.05. The fraction of sp³-hybridized carbons (Fsp3) is 0.471. The summed E-state index contributed by atoms with van der Waals surface area (Å²) in [6, 6.07) is 10.4. The third-order valence-corrected chi connectivity index (χ3v) is 4.33. The summed E-state index contributed by atoms with van der Waals surface area (Å²) in [6.45, 7) is 4.13. The lowest BCUT2D eigenvalue weighted by molar-refractivity contribution is -0.115. The number of nitrogens with one attached hydrogen (secondary N) is 1. The van der Waals surface area contributed by atoms with Crippen LogP contribution in [0.1, 0.15) is 24.3 Å². The molecule has 0 saturated carbocycles. The number of likely N-dealkylation sites (N-methyl/N-ethyl adjacent to an activating group) is 1. The molecular weight excluding hydrogens is 262 g/mol. The third-order valence-electron chi connectivity index (χ3n) is 4.33. The molecule has 2 aliphatic rings. The number of allylic oxidation sites excluding steroid dienone is 2. The second kappa shape index (κ2) is 6.41. The highest BCUT2D eigenvalue weighted by molar-refractivity contribution is 5.91. The van der Waals surface area contributed by atoms with Crippen molar-refractivity contribution in [2.45, 2.75) is 18.8 Å². The van der Waals surface area contributed by atoms with E-state index in [-0.39, 0.29) is 5.78 Å². The third kappa shape index (κ3) is 3.71. The largest absolute Gasteiger partial charge is 0.323 e. The summed E-state index contributed by atoms with van der Waals surface area (Å²) < 4.78 is 0. The van der Waals surface area contributed by atoms with Gasteiger partial charge in [0.05, 0.1) is 0 Å². The number of hydrogen-bond donors (Lipinski definition) is 1. The number of rotatable bonds is 3. The molecule has 0 aromatic heterocycles. The first kappa shape index (κ1) is 14.3. The molecule has 0 spiro atoms. The molecule has 1 fully saturated rings. The van der Waals surface area contributed by atoms with Crippen LogP contribution in [0, 0.1) is 0 Å². The second-order valence-electron chi connectivity index (χ2n) is 6.05. The Labute approximate surface area is 126 Å². The number of carbonyl (C=O) groups excluding carboxylic acids is 1. The zero-order chi connectivity index (χ0) is 14.7. The zero-order valence-corrected chi connectivity index (χ0v) is 12.6. The van der Waals surface area contributed by atoms with Crippen molar-refractivity contribution >= 4 is 5.78 Å². The first-order valence-corrected chi connectivity index (χ1v) is 7.69. The number of hydrogen-bond acceptors (Lipinski definition) is 4. The predicted octanol–water partition coefficient (Wildman–Crippen LogP) is 1.77. The smallest absolute Gasteiger partial charge is 0.158 e. The van der Waals surface area contributed by atoms with Crippen LogP contribution in [0.25, 0.3) is 0 Å². The quantitative estimate of drug-likeness (QED) is 0.918. The normalized spacial score (nSPS) is 24.7. The summed E-state index contributed by atoms with van der Waals surface area (Å²) in [5, 5.41) is 2.23. The van der Waals surface area contributed by atoms with E-state index < -0.39 is 0 Å². The first-order valence-electron chi connectivity index (χ1n) is 7.69. The molecular formula is C17H23N3O. The summed E-state index contributed by atoms with van der Waals surface area (Å²) in [7, 11) is 2.15. The van der Waals surface area contributed by atoms with Crippen LogP contribution in [-0.4, -0.2) is 48.9 Å². The number of benzene rings is 1. The van der Waals surface area contributed by atoms with Crippen LogP contribution in [0.3, 0.4) is 0 Å². The Morgan fingerprint density at radius 2 is 1.76 bits per heavy atom. The molecule has 1 aliphatic heterocycles. The Morgan fingerprint density at radius 1 is 1.05 bits per heavy atom. The summed E-state index contributed by atoms with van der Waals surface area (Å²) >= 11 is 0. The van der Waals surface area contributed by atoms with Gasteiger partial charge in [-0.2, -0.15) is 0 Å². The lowest BCUT2D eigenvalue weighted by Gasteiger charge is -2.35. The van der Waals surface area contributed by atoms with E-state index in [0.29, 0.717) is 12.3 Å². The Bertz CT molecular complexity index is 518. The number of piperazine rings is 1. The Morgan fingerprint density at radius 3 is 2.48 bits per heavy atom. The molecule has 0 unspecified atom stereocenters. The summed E-state index contributed by atoms with van der Waals surface area (Å²) in [4.78, 5) is 14.3. The molecule has 0 amide bonds. The average Bonchev–Trinajstić information content (AvgIpc) is 2.50. The summed E-state index contributed by atoms with van der Waals surface area (Å²) in [6.07, 6.45) is 3.33. The SMILES string of the molecule is CN1CCN(NC2=CC(=O)C[C@@H](c3ccccc3)C2)CC1. The van der Waals surface area contributed by atoms with E-state index in [9.17, 15) is 4.79 Å². The highest BCUT2D eigenvalue weighted by Gasteiger charge is 2.23. The number of hydrazine groups is 1. The van der Waals surface area contributed by atoms with Gasteiger partial charge in [-0.05, 0) is 24.9 Å². The Hall–Kier alpha value is -1.65. The lowest BCUT2D eigenvalue weighted by atomic mass is 9.85. The minimum atomic E-state index is 0.228. The fourth-order valence-corrected chi connectivity index (χ4v) is 3.05. The Balaban J connectivity index is 1.64. The van der Waals surface area contributed by atoms with Gasteiger partial charge in [-0.15, -0.1) is 0 Å². The van der Waals surface area contributed by atoms with Crippen LogP contribution < -0.4 is 5.43 Å². The maximum atomic E-state index is 12.0. The molecule has 21 heavy (non-hydrogen) atoms. The van der Waals surface area contributed by atoms with Crippen LogP contribution in [0.4, 0.5) is 0 Å². The molecule has 1 aromatic carbocycles. The minimum Gasteiger partial charge on any atom is -0.323 e. The van der Waals surface area contributed by atoms with Gasteiger partial charge in [0.2, 0.25) is 0 Å². The number of ketones is 1. The molecule has 0 bridgehead atoms. The van der Waals surface area contributed by atoms with Crippen LogP contribution in [0.5, 0.6) is 0 Å². The van der Waals surface area contributed by atoms with Gasteiger partial charge in [0.15, 0.2) is 5.78 Å². The number of nitrogens with zero attached hydrogens (tertiary/aromatic N) is 2. The van der Waals surface area contributed by atoms with Gasteiger partial charge in [-0.1, -0.05) is 30.3 Å². The lowest BCUT2D eigenvalue weighted by Crippen LogP contribution is -2.50. The van der Waals surface area contributed by atoms with E-state index in [4.69, 9.17) is 0 Å². The molecule has 1 aliphatic carbocycles. The molecule has 1 heterocycles. The standard InChI is InChI=1S/C17H23N3O/c1-19-7-9-20(10-8-19)18-16-11-15(12-17(21)13-16)14-5-3-2-4-6-14/h2-6,13,15,18H,7-12H2,1H3/t15-/m0/s1.